The first-order valence-corrected chi connectivity index (χ1v) is 10.8. The molecule has 2 heterocycles. The minimum absolute atomic E-state index is 0.00624. The molecule has 0 unspecified atom stereocenters. The molecule has 0 fully saturated rings. The van der Waals surface area contributed by atoms with E-state index in [1.807, 2.05) is 0 Å². The Balaban J connectivity index is 1.49. The molecule has 11 heteroatoms. The van der Waals surface area contributed by atoms with Gasteiger partial charge in [-0.3, -0.25) is 4.72 Å². The number of methoxy groups -OCH3 is 2. The first kappa shape index (κ1) is 21.1. The molecule has 0 aliphatic rings. The molecule has 32 heavy (non-hydrogen) atoms. The van der Waals surface area contributed by atoms with Crippen LogP contribution in [0.3, 0.4) is 0 Å². The van der Waals surface area contributed by atoms with Crippen LogP contribution in [0.4, 0.5) is 5.69 Å². The Labute approximate surface area is 184 Å². The lowest BCUT2D eigenvalue weighted by Crippen LogP contribution is -2.14. The van der Waals surface area contributed by atoms with Crippen molar-refractivity contribution >= 4 is 15.7 Å². The maximum absolute atomic E-state index is 12.8. The molecule has 4 aromatic rings. The van der Waals surface area contributed by atoms with E-state index in [2.05, 4.69) is 19.8 Å². The van der Waals surface area contributed by atoms with E-state index >= 15 is 0 Å². The summed E-state index contributed by atoms with van der Waals surface area (Å²) < 4.78 is 45.8. The van der Waals surface area contributed by atoms with Gasteiger partial charge in [0.05, 0.1) is 14.2 Å². The van der Waals surface area contributed by atoms with Gasteiger partial charge in [0, 0.05) is 30.2 Å². The highest BCUT2D eigenvalue weighted by atomic mass is 32.2. The van der Waals surface area contributed by atoms with Crippen LogP contribution in [-0.4, -0.2) is 42.4 Å². The number of rotatable bonds is 8. The summed E-state index contributed by atoms with van der Waals surface area (Å²) in [6.07, 6.45) is 4.77. The number of ether oxygens (including phenoxy) is 3. The summed E-state index contributed by atoms with van der Waals surface area (Å²) in [6, 6.07) is 14.3. The van der Waals surface area contributed by atoms with Gasteiger partial charge in [-0.05, 0) is 42.5 Å². The van der Waals surface area contributed by atoms with E-state index in [1.165, 1.54) is 32.7 Å². The van der Waals surface area contributed by atoms with Crippen molar-refractivity contribution in [3.63, 3.8) is 0 Å². The van der Waals surface area contributed by atoms with Crippen LogP contribution in [0, 0.1) is 0 Å². The molecule has 2 aromatic carbocycles. The van der Waals surface area contributed by atoms with Crippen molar-refractivity contribution in [3.05, 3.63) is 73.3 Å². The maximum Gasteiger partial charge on any atom is 0.265 e. The standard InChI is InChI=1S/C21H19N5O5S/c1-29-17-8-9-19(18(12-17)30-2)32(27,28)25-15-4-6-16(7-5-15)31-21-13-20(22-14-23-21)26-11-3-10-24-26/h3-14,25H,1-2H3. The average Bonchev–Trinajstić information content (AvgIpc) is 3.35. The zero-order chi connectivity index (χ0) is 22.6. The van der Waals surface area contributed by atoms with E-state index in [0.717, 1.165) is 0 Å². The monoisotopic (exact) mass is 453 g/mol. The van der Waals surface area contributed by atoms with Crippen molar-refractivity contribution in [1.82, 2.24) is 19.7 Å². The van der Waals surface area contributed by atoms with Crippen molar-refractivity contribution in [1.29, 1.82) is 0 Å². The highest BCUT2D eigenvalue weighted by Gasteiger charge is 2.20. The lowest BCUT2D eigenvalue weighted by atomic mass is 10.3. The number of hydrogen-bond donors (Lipinski definition) is 1. The molecule has 0 amide bonds. The fourth-order valence-electron chi connectivity index (χ4n) is 2.83. The SMILES string of the molecule is COc1ccc(S(=O)(=O)Nc2ccc(Oc3cc(-n4cccn4)ncn3)cc2)c(OC)c1. The number of nitrogens with one attached hydrogen (secondary N) is 1. The molecule has 0 aliphatic carbocycles. The Hall–Kier alpha value is -4.12. The fourth-order valence-corrected chi connectivity index (χ4v) is 4.04. The van der Waals surface area contributed by atoms with Crippen molar-refractivity contribution < 1.29 is 22.6 Å². The van der Waals surface area contributed by atoms with E-state index in [0.29, 0.717) is 28.9 Å². The summed E-state index contributed by atoms with van der Waals surface area (Å²) in [4.78, 5) is 8.23. The molecule has 0 bridgehead atoms. The largest absolute Gasteiger partial charge is 0.497 e. The van der Waals surface area contributed by atoms with E-state index < -0.39 is 10.0 Å². The fraction of sp³-hybridized carbons (Fsp3) is 0.0952. The van der Waals surface area contributed by atoms with Crippen LogP contribution in [-0.2, 0) is 10.0 Å². The van der Waals surface area contributed by atoms with Gasteiger partial charge in [-0.1, -0.05) is 0 Å². The molecule has 164 valence electrons. The Morgan fingerprint density at radius 2 is 1.72 bits per heavy atom. The smallest absolute Gasteiger partial charge is 0.265 e. The summed E-state index contributed by atoms with van der Waals surface area (Å²) in [7, 11) is -1.00. The van der Waals surface area contributed by atoms with Crippen LogP contribution < -0.4 is 18.9 Å². The van der Waals surface area contributed by atoms with Crippen molar-refractivity contribution in [2.75, 3.05) is 18.9 Å². The summed E-state index contributed by atoms with van der Waals surface area (Å²) in [5.41, 5.74) is 0.357. The minimum Gasteiger partial charge on any atom is -0.497 e. The Kier molecular flexibility index (Phi) is 5.90. The second-order valence-electron chi connectivity index (χ2n) is 6.41. The summed E-state index contributed by atoms with van der Waals surface area (Å²) in [5.74, 6) is 2.01. The van der Waals surface area contributed by atoms with Gasteiger partial charge in [0.1, 0.15) is 28.5 Å². The highest BCUT2D eigenvalue weighted by molar-refractivity contribution is 7.92. The second kappa shape index (κ2) is 8.94. The summed E-state index contributed by atoms with van der Waals surface area (Å²) in [5, 5.41) is 4.12. The molecule has 0 atom stereocenters. The summed E-state index contributed by atoms with van der Waals surface area (Å²) in [6.45, 7) is 0. The number of anilines is 1. The van der Waals surface area contributed by atoms with Crippen LogP contribution in [0.5, 0.6) is 23.1 Å². The number of benzene rings is 2. The van der Waals surface area contributed by atoms with Gasteiger partial charge in [0.2, 0.25) is 5.88 Å². The van der Waals surface area contributed by atoms with Crippen LogP contribution >= 0.6 is 0 Å². The average molecular weight is 453 g/mol. The predicted octanol–water partition coefficient (Wildman–Crippen LogP) is 3.27. The molecule has 4 rings (SSSR count). The van der Waals surface area contributed by atoms with Gasteiger partial charge in [-0.15, -0.1) is 0 Å². The van der Waals surface area contributed by atoms with Crippen LogP contribution in [0.1, 0.15) is 0 Å². The molecule has 0 radical (unpaired) electrons. The van der Waals surface area contributed by atoms with Crippen molar-refractivity contribution in [2.45, 2.75) is 4.90 Å². The number of sulfonamides is 1. The molecule has 0 aliphatic heterocycles. The van der Waals surface area contributed by atoms with Crippen LogP contribution in [0.2, 0.25) is 0 Å². The number of hydrogen-bond acceptors (Lipinski definition) is 8. The third kappa shape index (κ3) is 4.62. The van der Waals surface area contributed by atoms with Crippen LogP contribution in [0.25, 0.3) is 5.82 Å². The molecular weight excluding hydrogens is 434 g/mol. The van der Waals surface area contributed by atoms with Crippen LogP contribution in [0.15, 0.2) is 78.2 Å². The van der Waals surface area contributed by atoms with Gasteiger partial charge in [-0.25, -0.2) is 23.1 Å². The Morgan fingerprint density at radius 1 is 0.938 bits per heavy atom. The van der Waals surface area contributed by atoms with E-state index in [-0.39, 0.29) is 10.6 Å². The molecule has 1 N–H and O–H groups in total. The second-order valence-corrected chi connectivity index (χ2v) is 8.06. The molecular formula is C21H19N5O5S. The van der Waals surface area contributed by atoms with Gasteiger partial charge >= 0.3 is 0 Å². The van der Waals surface area contributed by atoms with Gasteiger partial charge in [0.25, 0.3) is 10.0 Å². The molecule has 0 saturated carbocycles. The highest BCUT2D eigenvalue weighted by Crippen LogP contribution is 2.30. The van der Waals surface area contributed by atoms with Crippen molar-refractivity contribution in [2.24, 2.45) is 0 Å². The first-order valence-electron chi connectivity index (χ1n) is 9.33. The normalized spacial score (nSPS) is 11.1. The molecule has 10 nitrogen and oxygen atoms in total. The lowest BCUT2D eigenvalue weighted by molar-refractivity contribution is 0.386. The Bertz CT molecular complexity index is 1310. The predicted molar refractivity (Wildman–Crippen MR) is 116 cm³/mol. The molecule has 2 aromatic heterocycles. The third-order valence-electron chi connectivity index (χ3n) is 4.36. The lowest BCUT2D eigenvalue weighted by Gasteiger charge is -2.13. The third-order valence-corrected chi connectivity index (χ3v) is 5.78. The van der Waals surface area contributed by atoms with Gasteiger partial charge < -0.3 is 14.2 Å². The maximum atomic E-state index is 12.8. The number of aromatic nitrogens is 4. The van der Waals surface area contributed by atoms with E-state index in [1.54, 1.807) is 59.5 Å². The van der Waals surface area contributed by atoms with E-state index in [4.69, 9.17) is 14.2 Å². The summed E-state index contributed by atoms with van der Waals surface area (Å²) >= 11 is 0. The first-order chi connectivity index (χ1) is 15.5. The van der Waals surface area contributed by atoms with Gasteiger partial charge in [0.15, 0.2) is 5.82 Å². The van der Waals surface area contributed by atoms with E-state index in [9.17, 15) is 8.42 Å². The molecule has 0 spiro atoms. The molecule has 0 saturated heterocycles. The zero-order valence-corrected chi connectivity index (χ0v) is 18.0. The van der Waals surface area contributed by atoms with Gasteiger partial charge in [-0.2, -0.15) is 5.10 Å². The van der Waals surface area contributed by atoms with Crippen molar-refractivity contribution in [3.8, 4) is 28.9 Å². The topological polar surface area (TPSA) is 117 Å². The zero-order valence-electron chi connectivity index (χ0n) is 17.2. The Morgan fingerprint density at radius 3 is 2.41 bits per heavy atom. The number of nitrogens with zero attached hydrogens (tertiary/aromatic N) is 4. The quantitative estimate of drug-likeness (QED) is 0.432. The minimum atomic E-state index is -3.89.